The lowest BCUT2D eigenvalue weighted by molar-refractivity contribution is 0.0321. The van der Waals surface area contributed by atoms with E-state index in [1.54, 1.807) is 0 Å². The van der Waals surface area contributed by atoms with E-state index >= 15 is 0 Å². The number of morpholine rings is 1. The third-order valence-electron chi connectivity index (χ3n) is 2.67. The zero-order chi connectivity index (χ0) is 11.7. The van der Waals surface area contributed by atoms with Crippen LogP contribution in [-0.4, -0.2) is 35.5 Å². The predicted octanol–water partition coefficient (Wildman–Crippen LogP) is 0.703. The van der Waals surface area contributed by atoms with E-state index in [1.165, 1.54) is 0 Å². The van der Waals surface area contributed by atoms with Crippen molar-refractivity contribution in [2.24, 2.45) is 5.73 Å². The van der Waals surface area contributed by atoms with Gasteiger partial charge in [-0.2, -0.15) is 0 Å². The van der Waals surface area contributed by atoms with Crippen LogP contribution in [0.2, 0.25) is 0 Å². The Labute approximate surface area is 94.8 Å². The first-order valence-electron chi connectivity index (χ1n) is 5.55. The Morgan fingerprint density at radius 1 is 1.44 bits per heavy atom. The van der Waals surface area contributed by atoms with Crippen molar-refractivity contribution in [3.63, 3.8) is 0 Å². The average Bonchev–Trinajstić information content (AvgIpc) is 2.70. The second kappa shape index (κ2) is 4.39. The molecule has 1 saturated heterocycles. The van der Waals surface area contributed by atoms with Crippen molar-refractivity contribution in [3.05, 3.63) is 5.89 Å². The van der Waals surface area contributed by atoms with Gasteiger partial charge in [0, 0.05) is 6.54 Å². The molecule has 1 aromatic heterocycles. The van der Waals surface area contributed by atoms with Gasteiger partial charge in [-0.1, -0.05) is 5.10 Å². The molecule has 2 rings (SSSR count). The highest BCUT2D eigenvalue weighted by atomic mass is 16.5. The van der Waals surface area contributed by atoms with Crippen LogP contribution in [0.5, 0.6) is 0 Å². The molecule has 1 fully saturated rings. The summed E-state index contributed by atoms with van der Waals surface area (Å²) in [5, 5.41) is 7.95. The molecule has 0 radical (unpaired) electrons. The molecule has 6 nitrogen and oxygen atoms in total. The first-order chi connectivity index (χ1) is 7.58. The fourth-order valence-corrected chi connectivity index (χ4v) is 1.70. The van der Waals surface area contributed by atoms with Crippen molar-refractivity contribution in [3.8, 4) is 0 Å². The van der Waals surface area contributed by atoms with Gasteiger partial charge in [-0.25, -0.2) is 0 Å². The van der Waals surface area contributed by atoms with Gasteiger partial charge in [0.15, 0.2) is 0 Å². The first kappa shape index (κ1) is 11.3. The van der Waals surface area contributed by atoms with Gasteiger partial charge < -0.3 is 19.8 Å². The molecular formula is C10H18N4O2. The van der Waals surface area contributed by atoms with Gasteiger partial charge >= 0.3 is 6.01 Å². The molecule has 2 heterocycles. The van der Waals surface area contributed by atoms with Crippen molar-refractivity contribution in [2.75, 3.05) is 18.1 Å². The zero-order valence-corrected chi connectivity index (χ0v) is 9.88. The van der Waals surface area contributed by atoms with Crippen LogP contribution in [0.25, 0.3) is 0 Å². The first-order valence-corrected chi connectivity index (χ1v) is 5.55. The summed E-state index contributed by atoms with van der Waals surface area (Å²) in [4.78, 5) is 2.06. The summed E-state index contributed by atoms with van der Waals surface area (Å²) in [6.45, 7) is 7.37. The summed E-state index contributed by atoms with van der Waals surface area (Å²) < 4.78 is 11.1. The van der Waals surface area contributed by atoms with Crippen LogP contribution < -0.4 is 10.6 Å². The van der Waals surface area contributed by atoms with E-state index in [-0.39, 0.29) is 18.2 Å². The molecule has 0 saturated carbocycles. The Hall–Kier alpha value is -1.14. The summed E-state index contributed by atoms with van der Waals surface area (Å²) in [5.74, 6) is 0.473. The monoisotopic (exact) mass is 226 g/mol. The molecule has 0 aromatic carbocycles. The quantitative estimate of drug-likeness (QED) is 0.800. The van der Waals surface area contributed by atoms with Crippen LogP contribution in [-0.2, 0) is 4.74 Å². The lowest BCUT2D eigenvalue weighted by atomic mass is 10.2. The summed E-state index contributed by atoms with van der Waals surface area (Å²) >= 11 is 0. The van der Waals surface area contributed by atoms with Gasteiger partial charge in [0.2, 0.25) is 5.89 Å². The fraction of sp³-hybridized carbons (Fsp3) is 0.800. The topological polar surface area (TPSA) is 77.4 Å². The van der Waals surface area contributed by atoms with E-state index in [9.17, 15) is 0 Å². The molecule has 90 valence electrons. The molecule has 0 amide bonds. The van der Waals surface area contributed by atoms with Crippen molar-refractivity contribution in [1.82, 2.24) is 10.2 Å². The maximum atomic E-state index is 5.68. The highest BCUT2D eigenvalue weighted by Crippen LogP contribution is 2.21. The Morgan fingerprint density at radius 3 is 2.81 bits per heavy atom. The fourth-order valence-electron chi connectivity index (χ4n) is 1.70. The van der Waals surface area contributed by atoms with Crippen molar-refractivity contribution < 1.29 is 9.15 Å². The summed E-state index contributed by atoms with van der Waals surface area (Å²) in [6, 6.07) is 0.558. The summed E-state index contributed by atoms with van der Waals surface area (Å²) in [6.07, 6.45) is 0.182. The molecule has 1 aliphatic heterocycles. The van der Waals surface area contributed by atoms with E-state index in [0.29, 0.717) is 18.5 Å². The maximum absolute atomic E-state index is 5.68. The second-order valence-electron chi connectivity index (χ2n) is 4.36. The Bertz CT molecular complexity index is 352. The number of nitrogens with zero attached hydrogens (tertiary/aromatic N) is 3. The number of hydrogen-bond donors (Lipinski definition) is 1. The standard InChI is InChI=1S/C10H18N4O2/c1-6-5-15-7(2)4-14(6)10-13-12-9(16-10)8(3)11/h6-8H,4-5,11H2,1-3H3. The smallest absolute Gasteiger partial charge is 0.318 e. The molecule has 0 bridgehead atoms. The summed E-state index contributed by atoms with van der Waals surface area (Å²) in [5.41, 5.74) is 5.68. The average molecular weight is 226 g/mol. The predicted molar refractivity (Wildman–Crippen MR) is 59.1 cm³/mol. The maximum Gasteiger partial charge on any atom is 0.318 e. The van der Waals surface area contributed by atoms with Gasteiger partial charge in [0.25, 0.3) is 0 Å². The van der Waals surface area contributed by atoms with Gasteiger partial charge in [-0.3, -0.25) is 0 Å². The largest absolute Gasteiger partial charge is 0.406 e. The SMILES string of the molecule is CC1CN(c2nnc(C(C)N)o2)C(C)CO1. The molecule has 6 heteroatoms. The number of ether oxygens (including phenoxy) is 1. The molecule has 2 N–H and O–H groups in total. The highest BCUT2D eigenvalue weighted by Gasteiger charge is 2.27. The Morgan fingerprint density at radius 2 is 2.19 bits per heavy atom. The van der Waals surface area contributed by atoms with E-state index in [0.717, 1.165) is 6.54 Å². The number of rotatable bonds is 2. The lowest BCUT2D eigenvalue weighted by Crippen LogP contribution is -2.47. The molecule has 0 aliphatic carbocycles. The van der Waals surface area contributed by atoms with Crippen LogP contribution in [0.4, 0.5) is 6.01 Å². The van der Waals surface area contributed by atoms with Gasteiger partial charge in [0.1, 0.15) is 0 Å². The minimum absolute atomic E-state index is 0.182. The van der Waals surface area contributed by atoms with Crippen molar-refractivity contribution in [2.45, 2.75) is 39.0 Å². The van der Waals surface area contributed by atoms with Crippen LogP contribution in [0.3, 0.4) is 0 Å². The van der Waals surface area contributed by atoms with E-state index < -0.39 is 0 Å². The molecule has 3 unspecified atom stereocenters. The molecule has 16 heavy (non-hydrogen) atoms. The van der Waals surface area contributed by atoms with E-state index in [4.69, 9.17) is 14.9 Å². The second-order valence-corrected chi connectivity index (χ2v) is 4.36. The molecule has 1 aliphatic rings. The zero-order valence-electron chi connectivity index (χ0n) is 9.88. The van der Waals surface area contributed by atoms with Crippen molar-refractivity contribution >= 4 is 6.01 Å². The van der Waals surface area contributed by atoms with Gasteiger partial charge in [-0.05, 0) is 20.8 Å². The molecule has 1 aromatic rings. The Kier molecular flexibility index (Phi) is 3.11. The number of nitrogens with two attached hydrogens (primary N) is 1. The molecular weight excluding hydrogens is 208 g/mol. The van der Waals surface area contributed by atoms with Gasteiger partial charge in [0.05, 0.1) is 24.8 Å². The lowest BCUT2D eigenvalue weighted by Gasteiger charge is -2.35. The molecule has 0 spiro atoms. The third-order valence-corrected chi connectivity index (χ3v) is 2.67. The van der Waals surface area contributed by atoms with Crippen LogP contribution >= 0.6 is 0 Å². The van der Waals surface area contributed by atoms with E-state index in [2.05, 4.69) is 22.0 Å². The van der Waals surface area contributed by atoms with Crippen molar-refractivity contribution in [1.29, 1.82) is 0 Å². The number of hydrogen-bond acceptors (Lipinski definition) is 6. The van der Waals surface area contributed by atoms with Crippen LogP contribution in [0.1, 0.15) is 32.7 Å². The minimum atomic E-state index is -0.227. The Balaban J connectivity index is 2.15. The van der Waals surface area contributed by atoms with Crippen LogP contribution in [0, 0.1) is 0 Å². The number of aromatic nitrogens is 2. The van der Waals surface area contributed by atoms with Gasteiger partial charge in [-0.15, -0.1) is 5.10 Å². The normalized spacial score (nSPS) is 28.1. The number of anilines is 1. The minimum Gasteiger partial charge on any atom is -0.406 e. The highest BCUT2D eigenvalue weighted by molar-refractivity contribution is 5.27. The van der Waals surface area contributed by atoms with Crippen LogP contribution in [0.15, 0.2) is 4.42 Å². The summed E-state index contributed by atoms with van der Waals surface area (Å²) in [7, 11) is 0. The van der Waals surface area contributed by atoms with E-state index in [1.807, 2.05) is 13.8 Å². The third kappa shape index (κ3) is 2.17. The molecule has 3 atom stereocenters.